The number of aliphatic hydroxyl groups is 1. The predicted octanol–water partition coefficient (Wildman–Crippen LogP) is 5.54. The van der Waals surface area contributed by atoms with Crippen LogP contribution >= 0.6 is 11.3 Å². The number of hydrogen-bond donors (Lipinski definition) is 1. The molecule has 1 aromatic heterocycles. The number of nitrogens with zero attached hydrogens (tertiary/aromatic N) is 1. The van der Waals surface area contributed by atoms with Crippen molar-refractivity contribution in [3.8, 4) is 5.75 Å². The molecule has 1 unspecified atom stereocenters. The maximum absolute atomic E-state index is 13.9. The molecule has 34 heavy (non-hydrogen) atoms. The molecule has 10 heteroatoms. The maximum atomic E-state index is 13.9. The van der Waals surface area contributed by atoms with Gasteiger partial charge >= 0.3 is 6.18 Å². The van der Waals surface area contributed by atoms with Crippen LogP contribution in [-0.2, 0) is 22.3 Å². The van der Waals surface area contributed by atoms with E-state index in [1.165, 1.54) is 36.6 Å². The molecular weight excluding hydrogens is 474 g/mol. The summed E-state index contributed by atoms with van der Waals surface area (Å²) < 4.78 is 58.6. The standard InChI is InChI=1S/C24H17F4NO4S/c1-33-17-8-7-15(25)11-16(17)21(30)19-20(18-6-3-9-34-18)29(23(32)22(19)31)12-13-4-2-5-14(10-13)24(26,27)28/h2-11,20,30H,12H2,1H3/b21-19-. The lowest BCUT2D eigenvalue weighted by Gasteiger charge is -2.24. The van der Waals surface area contributed by atoms with Crippen molar-refractivity contribution in [3.05, 3.63) is 92.9 Å². The smallest absolute Gasteiger partial charge is 0.416 e. The number of halogens is 4. The van der Waals surface area contributed by atoms with Crippen molar-refractivity contribution in [3.63, 3.8) is 0 Å². The zero-order valence-corrected chi connectivity index (χ0v) is 18.4. The molecule has 1 aliphatic rings. The second kappa shape index (κ2) is 8.94. The average Bonchev–Trinajstić information content (AvgIpc) is 3.41. The van der Waals surface area contributed by atoms with Gasteiger partial charge in [-0.05, 0) is 47.3 Å². The SMILES string of the molecule is COc1ccc(F)cc1/C(O)=C1/C(=O)C(=O)N(Cc2cccc(C(F)(F)F)c2)C1c1cccs1. The lowest BCUT2D eigenvalue weighted by molar-refractivity contribution is -0.140. The molecule has 1 aliphatic heterocycles. The lowest BCUT2D eigenvalue weighted by Crippen LogP contribution is -2.29. The maximum Gasteiger partial charge on any atom is 0.416 e. The number of Topliss-reactive ketones (excluding diaryl/α,β-unsaturated/α-hetero) is 1. The van der Waals surface area contributed by atoms with Gasteiger partial charge in [0.05, 0.1) is 29.9 Å². The van der Waals surface area contributed by atoms with Crippen LogP contribution in [0.3, 0.4) is 0 Å². The van der Waals surface area contributed by atoms with Gasteiger partial charge in [0.25, 0.3) is 11.7 Å². The lowest BCUT2D eigenvalue weighted by atomic mass is 9.99. The number of benzene rings is 2. The molecule has 0 radical (unpaired) electrons. The van der Waals surface area contributed by atoms with Crippen LogP contribution < -0.4 is 4.74 Å². The van der Waals surface area contributed by atoms with Crippen LogP contribution in [0.2, 0.25) is 0 Å². The number of amides is 1. The first-order valence-electron chi connectivity index (χ1n) is 9.93. The summed E-state index contributed by atoms with van der Waals surface area (Å²) in [6.45, 7) is -0.311. The number of ketones is 1. The summed E-state index contributed by atoms with van der Waals surface area (Å²) in [7, 11) is 1.30. The molecule has 0 spiro atoms. The largest absolute Gasteiger partial charge is 0.507 e. The molecule has 3 aromatic rings. The Bertz CT molecular complexity index is 1280. The fraction of sp³-hybridized carbons (Fsp3) is 0.167. The number of likely N-dealkylation sites (tertiary alicyclic amines) is 1. The number of carbonyl (C=O) groups excluding carboxylic acids is 2. The molecule has 176 valence electrons. The van der Waals surface area contributed by atoms with Gasteiger partial charge in [-0.25, -0.2) is 4.39 Å². The van der Waals surface area contributed by atoms with Crippen molar-refractivity contribution >= 4 is 28.8 Å². The van der Waals surface area contributed by atoms with Crippen LogP contribution in [0.15, 0.2) is 65.6 Å². The molecule has 0 saturated carbocycles. The fourth-order valence-corrected chi connectivity index (χ4v) is 4.68. The van der Waals surface area contributed by atoms with Crippen LogP contribution in [0.4, 0.5) is 17.6 Å². The topological polar surface area (TPSA) is 66.8 Å². The van der Waals surface area contributed by atoms with Crippen LogP contribution in [0.1, 0.15) is 27.6 Å². The Balaban J connectivity index is 1.84. The number of thiophene rings is 1. The Morgan fingerprint density at radius 2 is 1.88 bits per heavy atom. The highest BCUT2D eigenvalue weighted by molar-refractivity contribution is 7.10. The summed E-state index contributed by atoms with van der Waals surface area (Å²) in [4.78, 5) is 27.6. The molecule has 1 N–H and O–H groups in total. The highest BCUT2D eigenvalue weighted by atomic mass is 32.1. The number of hydrogen-bond acceptors (Lipinski definition) is 5. The minimum absolute atomic E-state index is 0.0768. The monoisotopic (exact) mass is 491 g/mol. The van der Waals surface area contributed by atoms with Crippen molar-refractivity contribution < 1.29 is 37.0 Å². The third-order valence-corrected chi connectivity index (χ3v) is 6.30. The number of ether oxygens (including phenoxy) is 1. The Hall–Kier alpha value is -3.66. The van der Waals surface area contributed by atoms with Crippen molar-refractivity contribution in [1.82, 2.24) is 4.90 Å². The molecule has 0 aliphatic carbocycles. The normalized spacial score (nSPS) is 17.9. The van der Waals surface area contributed by atoms with E-state index in [-0.39, 0.29) is 29.0 Å². The van der Waals surface area contributed by atoms with E-state index in [1.807, 2.05) is 0 Å². The summed E-state index contributed by atoms with van der Waals surface area (Å²) in [5.41, 5.74) is -1.16. The van der Waals surface area contributed by atoms with Crippen molar-refractivity contribution in [1.29, 1.82) is 0 Å². The van der Waals surface area contributed by atoms with Gasteiger partial charge in [-0.3, -0.25) is 9.59 Å². The van der Waals surface area contributed by atoms with E-state index in [9.17, 15) is 32.3 Å². The van der Waals surface area contributed by atoms with Crippen LogP contribution in [0, 0.1) is 5.82 Å². The molecular formula is C24H17F4NO4S. The van der Waals surface area contributed by atoms with Crippen LogP contribution in [0.25, 0.3) is 5.76 Å². The molecule has 1 amide bonds. The van der Waals surface area contributed by atoms with E-state index < -0.39 is 41.0 Å². The van der Waals surface area contributed by atoms with Gasteiger partial charge in [-0.1, -0.05) is 18.2 Å². The number of rotatable bonds is 5. The van der Waals surface area contributed by atoms with Crippen LogP contribution in [0.5, 0.6) is 5.75 Å². The number of alkyl halides is 3. The predicted molar refractivity (Wildman–Crippen MR) is 117 cm³/mol. The van der Waals surface area contributed by atoms with Gasteiger partial charge in [-0.2, -0.15) is 13.2 Å². The van der Waals surface area contributed by atoms with E-state index in [1.54, 1.807) is 17.5 Å². The minimum Gasteiger partial charge on any atom is -0.507 e. The summed E-state index contributed by atoms with van der Waals surface area (Å²) in [6.07, 6.45) is -4.58. The number of methoxy groups -OCH3 is 1. The Kier molecular flexibility index (Phi) is 6.18. The summed E-state index contributed by atoms with van der Waals surface area (Å²) in [5, 5.41) is 12.7. The van der Waals surface area contributed by atoms with Gasteiger partial charge in [0, 0.05) is 11.4 Å². The average molecular weight is 491 g/mol. The zero-order valence-electron chi connectivity index (χ0n) is 17.6. The first-order valence-corrected chi connectivity index (χ1v) is 10.8. The van der Waals surface area contributed by atoms with Crippen molar-refractivity contribution in [2.75, 3.05) is 7.11 Å². The van der Waals surface area contributed by atoms with Gasteiger partial charge in [0.2, 0.25) is 0 Å². The van der Waals surface area contributed by atoms with Crippen molar-refractivity contribution in [2.24, 2.45) is 0 Å². The zero-order chi connectivity index (χ0) is 24.6. The Morgan fingerprint density at radius 1 is 1.12 bits per heavy atom. The summed E-state index contributed by atoms with van der Waals surface area (Å²) in [6, 6.07) is 10.0. The highest BCUT2D eigenvalue weighted by Crippen LogP contribution is 2.43. The molecule has 5 nitrogen and oxygen atoms in total. The van der Waals surface area contributed by atoms with Gasteiger partial charge in [0.15, 0.2) is 0 Å². The molecule has 2 heterocycles. The van der Waals surface area contributed by atoms with E-state index in [0.29, 0.717) is 4.88 Å². The first-order chi connectivity index (χ1) is 16.1. The van der Waals surface area contributed by atoms with Crippen molar-refractivity contribution in [2.45, 2.75) is 18.8 Å². The molecule has 1 fully saturated rings. The Labute approximate surface area is 195 Å². The van der Waals surface area contributed by atoms with E-state index in [0.717, 1.165) is 29.2 Å². The minimum atomic E-state index is -4.58. The fourth-order valence-electron chi connectivity index (χ4n) is 3.84. The van der Waals surface area contributed by atoms with E-state index in [4.69, 9.17) is 4.74 Å². The molecule has 2 aromatic carbocycles. The first kappa shape index (κ1) is 23.5. The second-order valence-electron chi connectivity index (χ2n) is 7.49. The highest BCUT2D eigenvalue weighted by Gasteiger charge is 2.47. The molecule has 4 rings (SSSR count). The third kappa shape index (κ3) is 4.28. The number of aliphatic hydroxyl groups excluding tert-OH is 1. The van der Waals surface area contributed by atoms with Crippen LogP contribution in [-0.4, -0.2) is 28.8 Å². The summed E-state index contributed by atoms with van der Waals surface area (Å²) >= 11 is 1.20. The second-order valence-corrected chi connectivity index (χ2v) is 8.46. The van der Waals surface area contributed by atoms with E-state index in [2.05, 4.69) is 0 Å². The van der Waals surface area contributed by atoms with Gasteiger partial charge < -0.3 is 14.7 Å². The third-order valence-electron chi connectivity index (χ3n) is 5.38. The Morgan fingerprint density at radius 3 is 2.53 bits per heavy atom. The molecule has 1 atom stereocenters. The molecule has 0 bridgehead atoms. The summed E-state index contributed by atoms with van der Waals surface area (Å²) in [5.74, 6) is -3.29. The molecule has 1 saturated heterocycles. The van der Waals surface area contributed by atoms with E-state index >= 15 is 0 Å². The van der Waals surface area contributed by atoms with Gasteiger partial charge in [0.1, 0.15) is 17.3 Å². The number of carbonyl (C=O) groups is 2. The quantitative estimate of drug-likeness (QED) is 0.220. The van der Waals surface area contributed by atoms with Gasteiger partial charge in [-0.15, -0.1) is 11.3 Å².